The monoisotopic (exact) mass is 285 g/mol. The summed E-state index contributed by atoms with van der Waals surface area (Å²) in [5.74, 6) is 1.03. The maximum Gasteiger partial charge on any atom is 0.247 e. The second-order valence-electron chi connectivity index (χ2n) is 5.63. The Morgan fingerprint density at radius 2 is 2.10 bits per heavy atom. The number of nitrogens with one attached hydrogen (secondary N) is 2. The largest absolute Gasteiger partial charge is 0.342 e. The first kappa shape index (κ1) is 15.3. The molecule has 1 aromatic heterocycles. The van der Waals surface area contributed by atoms with Crippen LogP contribution in [0.4, 0.5) is 0 Å². The number of aromatic nitrogens is 2. The molecule has 1 amide bonds. The highest BCUT2D eigenvalue weighted by atomic mass is 16.1. The Labute approximate surface area is 125 Å². The van der Waals surface area contributed by atoms with E-state index in [1.807, 2.05) is 44.2 Å². The molecular weight excluding hydrogens is 262 g/mol. The van der Waals surface area contributed by atoms with Crippen molar-refractivity contribution in [3.05, 3.63) is 41.7 Å². The van der Waals surface area contributed by atoms with Crippen LogP contribution in [0.5, 0.6) is 0 Å². The lowest BCUT2D eigenvalue weighted by atomic mass is 10.0. The Morgan fingerprint density at radius 1 is 1.38 bits per heavy atom. The molecular formula is C17H23N3O. The van der Waals surface area contributed by atoms with Gasteiger partial charge in [-0.3, -0.25) is 4.79 Å². The van der Waals surface area contributed by atoms with Gasteiger partial charge in [-0.25, -0.2) is 4.98 Å². The number of imidazole rings is 1. The number of para-hydroxylation sites is 2. The van der Waals surface area contributed by atoms with E-state index in [1.54, 1.807) is 0 Å². The van der Waals surface area contributed by atoms with Gasteiger partial charge in [0.2, 0.25) is 5.91 Å². The number of allylic oxidation sites excluding steroid dienone is 1. The van der Waals surface area contributed by atoms with Gasteiger partial charge in [0.1, 0.15) is 5.82 Å². The number of carbonyl (C=O) groups is 1. The van der Waals surface area contributed by atoms with Crippen molar-refractivity contribution in [2.24, 2.45) is 5.92 Å². The van der Waals surface area contributed by atoms with Gasteiger partial charge in [-0.05, 0) is 31.4 Å². The Bertz CT molecular complexity index is 622. The fourth-order valence-electron chi connectivity index (χ4n) is 2.32. The normalized spacial score (nSPS) is 13.7. The number of nitrogens with zero attached hydrogens (tertiary/aromatic N) is 1. The minimum atomic E-state index is -0.120. The van der Waals surface area contributed by atoms with Crippen LogP contribution in [-0.2, 0) is 4.79 Å². The van der Waals surface area contributed by atoms with Gasteiger partial charge in [-0.2, -0.15) is 0 Å². The Kier molecular flexibility index (Phi) is 4.78. The van der Waals surface area contributed by atoms with Crippen LogP contribution in [0.3, 0.4) is 0 Å². The van der Waals surface area contributed by atoms with Crippen LogP contribution in [-0.4, -0.2) is 15.9 Å². The van der Waals surface area contributed by atoms with Crippen molar-refractivity contribution >= 4 is 16.9 Å². The summed E-state index contributed by atoms with van der Waals surface area (Å²) in [6.45, 7) is 8.03. The molecule has 1 heterocycles. The van der Waals surface area contributed by atoms with Gasteiger partial charge < -0.3 is 10.3 Å². The third-order valence-corrected chi connectivity index (χ3v) is 3.52. The van der Waals surface area contributed by atoms with Gasteiger partial charge in [0.05, 0.1) is 17.1 Å². The van der Waals surface area contributed by atoms with E-state index in [4.69, 9.17) is 0 Å². The number of hydrogen-bond acceptors (Lipinski definition) is 2. The minimum absolute atomic E-state index is 0.0315. The molecule has 0 radical (unpaired) electrons. The van der Waals surface area contributed by atoms with Gasteiger partial charge in [0, 0.05) is 5.57 Å². The van der Waals surface area contributed by atoms with Crippen molar-refractivity contribution in [3.8, 4) is 0 Å². The Morgan fingerprint density at radius 3 is 2.71 bits per heavy atom. The fraction of sp³-hybridized carbons (Fsp3) is 0.412. The third-order valence-electron chi connectivity index (χ3n) is 3.52. The van der Waals surface area contributed by atoms with Gasteiger partial charge in [-0.1, -0.05) is 39.0 Å². The fourth-order valence-corrected chi connectivity index (χ4v) is 2.32. The summed E-state index contributed by atoms with van der Waals surface area (Å²) < 4.78 is 0. The molecule has 0 aliphatic carbocycles. The molecule has 1 atom stereocenters. The number of hydrogen-bond donors (Lipinski definition) is 2. The molecule has 4 heteroatoms. The van der Waals surface area contributed by atoms with E-state index in [1.165, 1.54) is 0 Å². The Balaban J connectivity index is 2.27. The molecule has 0 bridgehead atoms. The standard InChI is InChI=1S/C17H23N3O/c1-5-8-12(4)17(21)20-15(11(2)3)16-18-13-9-6-7-10-14(13)19-16/h6-11,15H,5H2,1-4H3,(H,18,19)(H,20,21). The lowest BCUT2D eigenvalue weighted by Crippen LogP contribution is -2.33. The van der Waals surface area contributed by atoms with Gasteiger partial charge in [-0.15, -0.1) is 0 Å². The first-order valence-corrected chi connectivity index (χ1v) is 7.45. The zero-order valence-electron chi connectivity index (χ0n) is 13.1. The maximum absolute atomic E-state index is 12.2. The Hall–Kier alpha value is -2.10. The number of H-pyrrole nitrogens is 1. The number of benzene rings is 1. The highest BCUT2D eigenvalue weighted by molar-refractivity contribution is 5.93. The molecule has 0 aliphatic heterocycles. The lowest BCUT2D eigenvalue weighted by Gasteiger charge is -2.20. The number of rotatable bonds is 5. The van der Waals surface area contributed by atoms with Crippen LogP contribution in [0.1, 0.15) is 46.0 Å². The van der Waals surface area contributed by atoms with E-state index in [-0.39, 0.29) is 17.9 Å². The smallest absolute Gasteiger partial charge is 0.247 e. The van der Waals surface area contributed by atoms with Crippen LogP contribution in [0.15, 0.2) is 35.9 Å². The summed E-state index contributed by atoms with van der Waals surface area (Å²) in [6.07, 6.45) is 2.79. The second kappa shape index (κ2) is 6.57. The molecule has 1 unspecified atom stereocenters. The quantitative estimate of drug-likeness (QED) is 0.822. The SMILES string of the molecule is CCC=C(C)C(=O)NC(c1nc2ccccc2[nH]1)C(C)C. The van der Waals surface area contributed by atoms with E-state index in [9.17, 15) is 4.79 Å². The average molecular weight is 285 g/mol. The van der Waals surface area contributed by atoms with Crippen molar-refractivity contribution in [1.82, 2.24) is 15.3 Å². The zero-order chi connectivity index (χ0) is 15.4. The van der Waals surface area contributed by atoms with Gasteiger partial charge in [0.25, 0.3) is 0 Å². The first-order valence-electron chi connectivity index (χ1n) is 7.45. The summed E-state index contributed by atoms with van der Waals surface area (Å²) in [4.78, 5) is 20.1. The molecule has 4 nitrogen and oxygen atoms in total. The molecule has 0 saturated heterocycles. The summed E-state index contributed by atoms with van der Waals surface area (Å²) >= 11 is 0. The number of amides is 1. The van der Waals surface area contributed by atoms with Crippen LogP contribution < -0.4 is 5.32 Å². The van der Waals surface area contributed by atoms with Crippen LogP contribution in [0.2, 0.25) is 0 Å². The highest BCUT2D eigenvalue weighted by Crippen LogP contribution is 2.22. The third kappa shape index (κ3) is 3.51. The predicted molar refractivity (Wildman–Crippen MR) is 85.9 cm³/mol. The van der Waals surface area contributed by atoms with Crippen molar-refractivity contribution in [3.63, 3.8) is 0 Å². The highest BCUT2D eigenvalue weighted by Gasteiger charge is 2.22. The maximum atomic E-state index is 12.2. The molecule has 2 aromatic rings. The zero-order valence-corrected chi connectivity index (χ0v) is 13.1. The van der Waals surface area contributed by atoms with E-state index in [0.717, 1.165) is 28.9 Å². The molecule has 2 rings (SSSR count). The molecule has 21 heavy (non-hydrogen) atoms. The van der Waals surface area contributed by atoms with Crippen molar-refractivity contribution in [2.45, 2.75) is 40.2 Å². The van der Waals surface area contributed by atoms with Crippen LogP contribution >= 0.6 is 0 Å². The number of carbonyl (C=O) groups excluding carboxylic acids is 1. The van der Waals surface area contributed by atoms with E-state index >= 15 is 0 Å². The van der Waals surface area contributed by atoms with E-state index < -0.39 is 0 Å². The molecule has 0 aliphatic rings. The average Bonchev–Trinajstić information content (AvgIpc) is 2.87. The van der Waals surface area contributed by atoms with Crippen LogP contribution in [0, 0.1) is 5.92 Å². The summed E-state index contributed by atoms with van der Waals surface area (Å²) in [6, 6.07) is 7.78. The molecule has 0 spiro atoms. The van der Waals surface area contributed by atoms with Crippen molar-refractivity contribution in [1.29, 1.82) is 0 Å². The van der Waals surface area contributed by atoms with E-state index in [2.05, 4.69) is 29.1 Å². The molecule has 112 valence electrons. The second-order valence-corrected chi connectivity index (χ2v) is 5.63. The van der Waals surface area contributed by atoms with Crippen LogP contribution in [0.25, 0.3) is 11.0 Å². The summed E-state index contributed by atoms with van der Waals surface area (Å²) in [5.41, 5.74) is 2.67. The molecule has 0 fully saturated rings. The molecule has 2 N–H and O–H groups in total. The topological polar surface area (TPSA) is 57.8 Å². The summed E-state index contributed by atoms with van der Waals surface area (Å²) in [7, 11) is 0. The van der Waals surface area contributed by atoms with Crippen molar-refractivity contribution in [2.75, 3.05) is 0 Å². The minimum Gasteiger partial charge on any atom is -0.342 e. The molecule has 0 saturated carbocycles. The first-order chi connectivity index (χ1) is 10.0. The van der Waals surface area contributed by atoms with Gasteiger partial charge >= 0.3 is 0 Å². The summed E-state index contributed by atoms with van der Waals surface area (Å²) in [5, 5.41) is 3.08. The number of aromatic amines is 1. The van der Waals surface area contributed by atoms with E-state index in [0.29, 0.717) is 0 Å². The lowest BCUT2D eigenvalue weighted by molar-refractivity contribution is -0.118. The van der Waals surface area contributed by atoms with Crippen molar-refractivity contribution < 1.29 is 4.79 Å². The predicted octanol–water partition coefficient (Wildman–Crippen LogP) is 3.73. The van der Waals surface area contributed by atoms with Gasteiger partial charge in [0.15, 0.2) is 0 Å². The number of fused-ring (bicyclic) bond motifs is 1. The molecule has 1 aromatic carbocycles.